The number of hydrogen-bond donors (Lipinski definition) is 1. The van der Waals surface area contributed by atoms with Crippen molar-refractivity contribution in [3.8, 4) is 17.2 Å². The molecule has 0 aromatic heterocycles. The van der Waals surface area contributed by atoms with E-state index in [1.54, 1.807) is 12.1 Å². The van der Waals surface area contributed by atoms with Gasteiger partial charge in [-0.15, -0.1) is 0 Å². The molecule has 0 bridgehead atoms. The summed E-state index contributed by atoms with van der Waals surface area (Å²) in [6.45, 7) is 0.0177. The minimum Gasteiger partial charge on any atom is -0.493 e. The van der Waals surface area contributed by atoms with Crippen LogP contribution in [-0.4, -0.2) is 40.0 Å². The van der Waals surface area contributed by atoms with Gasteiger partial charge in [0.25, 0.3) is 0 Å². The number of benzene rings is 1. The molecule has 0 radical (unpaired) electrons. The van der Waals surface area contributed by atoms with Crippen molar-refractivity contribution >= 4 is 0 Å². The van der Waals surface area contributed by atoms with E-state index in [1.807, 2.05) is 0 Å². The van der Waals surface area contributed by atoms with Gasteiger partial charge in [-0.2, -0.15) is 0 Å². The van der Waals surface area contributed by atoms with Gasteiger partial charge in [-0.25, -0.2) is 0 Å². The Morgan fingerprint density at radius 1 is 0.944 bits per heavy atom. The van der Waals surface area contributed by atoms with Crippen LogP contribution in [0.3, 0.4) is 0 Å². The molecule has 0 unspecified atom stereocenters. The van der Waals surface area contributed by atoms with Crippen molar-refractivity contribution in [2.24, 2.45) is 0 Å². The molecule has 0 spiro atoms. The highest BCUT2D eigenvalue weighted by Gasteiger charge is 2.14. The first kappa shape index (κ1) is 14.6. The summed E-state index contributed by atoms with van der Waals surface area (Å²) in [6, 6.07) is 3.33. The average Bonchev–Trinajstić information content (AvgIpc) is 2.42. The van der Waals surface area contributed by atoms with Gasteiger partial charge in [0.2, 0.25) is 5.75 Å². The molecule has 0 aliphatic rings. The monoisotopic (exact) mass is 258 g/mol. The lowest BCUT2D eigenvalue weighted by Gasteiger charge is -2.16. The van der Waals surface area contributed by atoms with Gasteiger partial charge in [0.15, 0.2) is 25.1 Å². The fourth-order valence-corrected chi connectivity index (χ4v) is 1.36. The predicted molar refractivity (Wildman–Crippen MR) is 63.9 cm³/mol. The Morgan fingerprint density at radius 3 is 2.11 bits per heavy atom. The summed E-state index contributed by atoms with van der Waals surface area (Å²) in [5.74, 6) is 1.30. The smallest absolute Gasteiger partial charge is 0.206 e. The standard InChI is InChI=1S/C12H18O6/c1-14-7-17-11-5-9(6-13)4-10(16-3)12(11)18-8-15-2/h4-5,13H,6-8H2,1-3H3. The zero-order valence-electron chi connectivity index (χ0n) is 10.8. The summed E-state index contributed by atoms with van der Waals surface area (Å²) >= 11 is 0. The van der Waals surface area contributed by atoms with Crippen LogP contribution in [0.1, 0.15) is 5.56 Å². The molecule has 0 amide bonds. The molecule has 0 saturated carbocycles. The first-order valence-electron chi connectivity index (χ1n) is 5.32. The maximum atomic E-state index is 9.17. The molecular formula is C12H18O6. The molecule has 6 heteroatoms. The van der Waals surface area contributed by atoms with Crippen LogP contribution < -0.4 is 14.2 Å². The molecule has 1 aromatic rings. The molecule has 0 saturated heterocycles. The van der Waals surface area contributed by atoms with Crippen LogP contribution in [0.15, 0.2) is 12.1 Å². The number of rotatable bonds is 8. The van der Waals surface area contributed by atoms with Gasteiger partial charge in [0.1, 0.15) is 0 Å². The van der Waals surface area contributed by atoms with Crippen LogP contribution in [0, 0.1) is 0 Å². The summed E-state index contributed by atoms with van der Waals surface area (Å²) in [6.07, 6.45) is 0. The van der Waals surface area contributed by atoms with Gasteiger partial charge in [-0.05, 0) is 17.7 Å². The van der Waals surface area contributed by atoms with Crippen LogP contribution in [0.4, 0.5) is 0 Å². The molecule has 0 heterocycles. The van der Waals surface area contributed by atoms with Crippen LogP contribution in [0.5, 0.6) is 17.2 Å². The molecule has 6 nitrogen and oxygen atoms in total. The van der Waals surface area contributed by atoms with Crippen molar-refractivity contribution < 1.29 is 28.8 Å². The Balaban J connectivity index is 3.05. The van der Waals surface area contributed by atoms with Crippen molar-refractivity contribution in [1.29, 1.82) is 0 Å². The number of methoxy groups -OCH3 is 3. The van der Waals surface area contributed by atoms with Gasteiger partial charge in [-0.3, -0.25) is 0 Å². The molecule has 0 atom stereocenters. The Morgan fingerprint density at radius 2 is 1.56 bits per heavy atom. The zero-order chi connectivity index (χ0) is 13.4. The molecule has 1 aromatic carbocycles. The lowest BCUT2D eigenvalue weighted by molar-refractivity contribution is 0.0306. The minimum atomic E-state index is -0.121. The molecule has 0 aliphatic heterocycles. The highest BCUT2D eigenvalue weighted by Crippen LogP contribution is 2.38. The quantitative estimate of drug-likeness (QED) is 0.706. The number of hydrogen-bond acceptors (Lipinski definition) is 6. The topological polar surface area (TPSA) is 66.4 Å². The Labute approximate surface area is 106 Å². The molecule has 1 rings (SSSR count). The van der Waals surface area contributed by atoms with Gasteiger partial charge >= 0.3 is 0 Å². The summed E-state index contributed by atoms with van der Waals surface area (Å²) in [7, 11) is 4.54. The second-order valence-electron chi connectivity index (χ2n) is 3.39. The van der Waals surface area contributed by atoms with Crippen molar-refractivity contribution in [1.82, 2.24) is 0 Å². The fraction of sp³-hybridized carbons (Fsp3) is 0.500. The van der Waals surface area contributed by atoms with E-state index < -0.39 is 0 Å². The Hall–Kier alpha value is -1.50. The van der Waals surface area contributed by atoms with E-state index in [2.05, 4.69) is 0 Å². The third-order valence-corrected chi connectivity index (χ3v) is 2.14. The summed E-state index contributed by atoms with van der Waals surface area (Å²) in [4.78, 5) is 0. The summed E-state index contributed by atoms with van der Waals surface area (Å²) in [5.41, 5.74) is 0.655. The highest BCUT2D eigenvalue weighted by molar-refractivity contribution is 5.53. The van der Waals surface area contributed by atoms with Gasteiger partial charge in [0, 0.05) is 14.2 Å². The highest BCUT2D eigenvalue weighted by atomic mass is 16.7. The van der Waals surface area contributed by atoms with Crippen LogP contribution in [-0.2, 0) is 16.1 Å². The number of aliphatic hydroxyl groups is 1. The van der Waals surface area contributed by atoms with Gasteiger partial charge < -0.3 is 28.8 Å². The van der Waals surface area contributed by atoms with E-state index >= 15 is 0 Å². The minimum absolute atomic E-state index is 0.0676. The second-order valence-corrected chi connectivity index (χ2v) is 3.39. The first-order chi connectivity index (χ1) is 8.76. The predicted octanol–water partition coefficient (Wildman–Crippen LogP) is 1.15. The molecule has 0 aliphatic carbocycles. The summed E-state index contributed by atoms with van der Waals surface area (Å²) < 4.78 is 25.7. The lowest BCUT2D eigenvalue weighted by atomic mass is 10.2. The van der Waals surface area contributed by atoms with Crippen molar-refractivity contribution in [3.63, 3.8) is 0 Å². The van der Waals surface area contributed by atoms with E-state index in [0.29, 0.717) is 22.8 Å². The number of aliphatic hydroxyl groups excluding tert-OH is 1. The zero-order valence-corrected chi connectivity index (χ0v) is 10.8. The molecular weight excluding hydrogens is 240 g/mol. The average molecular weight is 258 g/mol. The maximum absolute atomic E-state index is 9.17. The summed E-state index contributed by atoms with van der Waals surface area (Å²) in [5, 5.41) is 9.17. The normalized spacial score (nSPS) is 10.2. The number of ether oxygens (including phenoxy) is 5. The van der Waals surface area contributed by atoms with Crippen LogP contribution in [0.25, 0.3) is 0 Å². The fourth-order valence-electron chi connectivity index (χ4n) is 1.36. The Bertz CT molecular complexity index is 366. The van der Waals surface area contributed by atoms with Gasteiger partial charge in [0.05, 0.1) is 13.7 Å². The molecule has 1 N–H and O–H groups in total. The second kappa shape index (κ2) is 7.75. The van der Waals surface area contributed by atoms with E-state index in [9.17, 15) is 0 Å². The van der Waals surface area contributed by atoms with Crippen LogP contribution in [0.2, 0.25) is 0 Å². The maximum Gasteiger partial charge on any atom is 0.206 e. The Kier molecular flexibility index (Phi) is 6.27. The largest absolute Gasteiger partial charge is 0.493 e. The van der Waals surface area contributed by atoms with E-state index in [-0.39, 0.29) is 20.2 Å². The molecule has 0 fully saturated rings. The molecule has 18 heavy (non-hydrogen) atoms. The SMILES string of the molecule is COCOc1cc(CO)cc(OC)c1OCOC. The van der Waals surface area contributed by atoms with Crippen molar-refractivity contribution in [2.75, 3.05) is 34.9 Å². The van der Waals surface area contributed by atoms with E-state index in [0.717, 1.165) is 0 Å². The van der Waals surface area contributed by atoms with E-state index in [1.165, 1.54) is 21.3 Å². The molecule has 102 valence electrons. The van der Waals surface area contributed by atoms with Crippen molar-refractivity contribution in [2.45, 2.75) is 6.61 Å². The first-order valence-corrected chi connectivity index (χ1v) is 5.32. The van der Waals surface area contributed by atoms with Crippen LogP contribution >= 0.6 is 0 Å². The third-order valence-electron chi connectivity index (χ3n) is 2.14. The van der Waals surface area contributed by atoms with Gasteiger partial charge in [-0.1, -0.05) is 0 Å². The lowest BCUT2D eigenvalue weighted by Crippen LogP contribution is -2.06. The van der Waals surface area contributed by atoms with E-state index in [4.69, 9.17) is 28.8 Å². The third kappa shape index (κ3) is 3.76. The van der Waals surface area contributed by atoms with Crippen molar-refractivity contribution in [3.05, 3.63) is 17.7 Å².